The molecule has 19 nitrogen and oxygen atoms in total. The van der Waals surface area contributed by atoms with Crippen LogP contribution < -0.4 is 5.48 Å². The molecule has 18 atom stereocenters. The number of aliphatic hydroxyl groups excluding tert-OH is 3. The molecule has 434 valence electrons. The number of esters is 1. The summed E-state index contributed by atoms with van der Waals surface area (Å²) < 4.78 is 38.4. The maximum atomic E-state index is 13.9. The van der Waals surface area contributed by atoms with Gasteiger partial charge in [-0.3, -0.25) is 29.2 Å². The molecule has 0 saturated carbocycles. The first kappa shape index (κ1) is 65.1. The molecule has 2 aromatic rings. The smallest absolute Gasteiger partial charge is 0.309 e. The summed E-state index contributed by atoms with van der Waals surface area (Å²) in [5.41, 5.74) is 0.935. The number of aromatic nitrogens is 3. The number of cyclic esters (lactones) is 1. The van der Waals surface area contributed by atoms with Crippen LogP contribution in [0, 0.1) is 35.0 Å². The highest BCUT2D eigenvalue weighted by Gasteiger charge is 2.52. The molecule has 76 heavy (non-hydrogen) atoms. The monoisotopic (exact) mass is 1080 g/mol. The minimum atomic E-state index is -1.87. The fourth-order valence-electron chi connectivity index (χ4n) is 11.3. The highest BCUT2D eigenvalue weighted by molar-refractivity contribution is 5.83. The fraction of sp³-hybridized carbons (Fsp3) is 0.807. The maximum absolute atomic E-state index is 13.9. The van der Waals surface area contributed by atoms with Crippen molar-refractivity contribution in [1.29, 1.82) is 0 Å². The van der Waals surface area contributed by atoms with E-state index < -0.39 is 77.3 Å². The van der Waals surface area contributed by atoms with E-state index in [9.17, 15) is 34.8 Å². The first-order chi connectivity index (χ1) is 35.4. The van der Waals surface area contributed by atoms with Crippen molar-refractivity contribution in [3.63, 3.8) is 0 Å². The van der Waals surface area contributed by atoms with Crippen LogP contribution in [0.3, 0.4) is 0 Å². The highest BCUT2D eigenvalue weighted by Crippen LogP contribution is 2.42. The Bertz CT molecular complexity index is 2140. The number of rotatable bonds is 15. The molecule has 3 aliphatic heterocycles. The van der Waals surface area contributed by atoms with Gasteiger partial charge in [0, 0.05) is 63.6 Å². The molecule has 6 N–H and O–H groups in total. The van der Waals surface area contributed by atoms with E-state index in [0.29, 0.717) is 25.9 Å². The number of unbranched alkanes of at least 4 members (excludes halogenated alkanes) is 2. The van der Waals surface area contributed by atoms with Crippen molar-refractivity contribution < 1.29 is 68.4 Å². The van der Waals surface area contributed by atoms with Gasteiger partial charge in [-0.05, 0) is 96.6 Å². The number of carbonyl (C=O) groups excluding carboxylic acids is 3. The van der Waals surface area contributed by atoms with E-state index in [2.05, 4.69) is 36.0 Å². The Morgan fingerprint density at radius 3 is 2.09 bits per heavy atom. The number of methoxy groups -OCH3 is 2. The van der Waals surface area contributed by atoms with Crippen LogP contribution in [0.1, 0.15) is 154 Å². The number of amides is 1. The van der Waals surface area contributed by atoms with Crippen LogP contribution in [0.5, 0.6) is 0 Å². The van der Waals surface area contributed by atoms with E-state index in [4.69, 9.17) is 33.6 Å². The lowest BCUT2D eigenvalue weighted by Gasteiger charge is -2.48. The molecule has 5 rings (SSSR count). The standard InChI is InChI=1S/C45H73N5O11.C12H24O3/c1-12-36-45(9,56)40(54)31(7)38(52)26(2)23-44(8,58-11)41(29(5)28(4)30(6)42(55)60-36)61-43-39(53)35(22-27(3)59-43)49(10)24-32-17-19-33(20-18-32)34-25-50(48-46-34)21-15-13-14-16-37(51)47-57;1-8-10(13)12(5,14-6)7-9(15-8)11(2,3)4/h17-20,25-31,35-36,39-41,43,53-54,56-57H,12-16,21-24H2,1-11H3,(H,47,51);8-10,13H,7H2,1-6H3/t26-,27-,28-,29+,30-,31+,35+,36-,39+,40-,41+,43+,44-,45-;8-,9+,10-,12+/m10/s1. The van der Waals surface area contributed by atoms with Gasteiger partial charge in [0.1, 0.15) is 35.4 Å². The average Bonchev–Trinajstić information content (AvgIpc) is 3.86. The third-order valence-corrected chi connectivity index (χ3v) is 17.1. The van der Waals surface area contributed by atoms with Crippen molar-refractivity contribution in [3.8, 4) is 11.3 Å². The molecule has 1 aromatic heterocycles. The number of hydroxylamine groups is 1. The van der Waals surface area contributed by atoms with Crippen LogP contribution in [0.2, 0.25) is 0 Å². The Morgan fingerprint density at radius 1 is 0.882 bits per heavy atom. The number of ketones is 1. The summed E-state index contributed by atoms with van der Waals surface area (Å²) in [6.45, 7) is 27.5. The summed E-state index contributed by atoms with van der Waals surface area (Å²) in [5, 5.41) is 62.1. The fourth-order valence-corrected chi connectivity index (χ4v) is 11.3. The van der Waals surface area contributed by atoms with Gasteiger partial charge >= 0.3 is 5.97 Å². The van der Waals surface area contributed by atoms with Gasteiger partial charge in [-0.15, -0.1) is 5.10 Å². The Hall–Kier alpha value is -3.47. The summed E-state index contributed by atoms with van der Waals surface area (Å²) >= 11 is 0. The molecule has 0 radical (unpaired) electrons. The van der Waals surface area contributed by atoms with Crippen LogP contribution in [0.4, 0.5) is 0 Å². The number of carbonyl (C=O) groups is 3. The molecule has 0 bridgehead atoms. The number of benzene rings is 1. The number of nitrogens with zero attached hydrogens (tertiary/aromatic N) is 4. The molecule has 0 unspecified atom stereocenters. The highest BCUT2D eigenvalue weighted by atomic mass is 16.7. The van der Waals surface area contributed by atoms with E-state index in [1.165, 1.54) is 6.92 Å². The number of aliphatic hydroxyl groups is 4. The van der Waals surface area contributed by atoms with Gasteiger partial charge in [-0.25, -0.2) is 5.48 Å². The van der Waals surface area contributed by atoms with E-state index in [-0.39, 0.29) is 72.6 Å². The zero-order valence-electron chi connectivity index (χ0n) is 48.8. The normalized spacial score (nSPS) is 37.2. The summed E-state index contributed by atoms with van der Waals surface area (Å²) in [5.74, 6) is -4.19. The average molecular weight is 1080 g/mol. The molecule has 3 aliphatic rings. The summed E-state index contributed by atoms with van der Waals surface area (Å²) in [4.78, 5) is 41.0. The molecule has 0 spiro atoms. The molecule has 1 aromatic carbocycles. The largest absolute Gasteiger partial charge is 0.459 e. The molecule has 3 saturated heterocycles. The number of ether oxygens (including phenoxy) is 6. The topological polar surface area (TPSA) is 254 Å². The van der Waals surface area contributed by atoms with Gasteiger partial charge in [0.15, 0.2) is 6.29 Å². The van der Waals surface area contributed by atoms with Gasteiger partial charge in [-0.1, -0.05) is 98.2 Å². The van der Waals surface area contributed by atoms with E-state index in [1.54, 1.807) is 52.1 Å². The maximum Gasteiger partial charge on any atom is 0.309 e. The van der Waals surface area contributed by atoms with Gasteiger partial charge in [-0.2, -0.15) is 0 Å². The third-order valence-electron chi connectivity index (χ3n) is 17.1. The van der Waals surface area contributed by atoms with E-state index >= 15 is 0 Å². The predicted molar refractivity (Wildman–Crippen MR) is 286 cm³/mol. The van der Waals surface area contributed by atoms with Gasteiger partial charge in [0.2, 0.25) is 5.91 Å². The number of hydrogen-bond donors (Lipinski definition) is 6. The van der Waals surface area contributed by atoms with Crippen molar-refractivity contribution in [2.75, 3.05) is 21.3 Å². The number of aryl methyl sites for hydroxylation is 1. The van der Waals surface area contributed by atoms with Gasteiger partial charge in [0.25, 0.3) is 0 Å². The molecule has 0 aliphatic carbocycles. The molecular weight excluding hydrogens is 979 g/mol. The van der Waals surface area contributed by atoms with Crippen molar-refractivity contribution in [2.24, 2.45) is 35.0 Å². The van der Waals surface area contributed by atoms with E-state index in [1.807, 2.05) is 79.1 Å². The number of Topliss-reactive ketones (excluding diaryl/α,β-unsaturated/α-hetero) is 1. The van der Waals surface area contributed by atoms with Crippen molar-refractivity contribution in [2.45, 2.75) is 239 Å². The summed E-state index contributed by atoms with van der Waals surface area (Å²) in [7, 11) is 5.17. The second-order valence-electron chi connectivity index (χ2n) is 24.2. The van der Waals surface area contributed by atoms with Crippen molar-refractivity contribution >= 4 is 17.7 Å². The molecule has 19 heteroatoms. The first-order valence-electron chi connectivity index (χ1n) is 27.6. The summed E-state index contributed by atoms with van der Waals surface area (Å²) in [6, 6.07) is 7.70. The predicted octanol–water partition coefficient (Wildman–Crippen LogP) is 6.66. The number of nitrogens with one attached hydrogen (secondary N) is 1. The Morgan fingerprint density at radius 2 is 1.51 bits per heavy atom. The zero-order valence-corrected chi connectivity index (χ0v) is 48.8. The lowest BCUT2D eigenvalue weighted by molar-refractivity contribution is -0.300. The Balaban J connectivity index is 0.000000713. The summed E-state index contributed by atoms with van der Waals surface area (Å²) in [6.07, 6.45) is -0.132. The second-order valence-corrected chi connectivity index (χ2v) is 24.2. The minimum absolute atomic E-state index is 0.0776. The van der Waals surface area contributed by atoms with Crippen LogP contribution in [0.25, 0.3) is 11.3 Å². The quantitative estimate of drug-likeness (QED) is 0.0472. The van der Waals surface area contributed by atoms with Crippen LogP contribution in [-0.4, -0.2) is 162 Å². The van der Waals surface area contributed by atoms with Crippen molar-refractivity contribution in [3.05, 3.63) is 36.0 Å². The molecule has 4 heterocycles. The minimum Gasteiger partial charge on any atom is -0.459 e. The Labute approximate surface area is 453 Å². The van der Waals surface area contributed by atoms with Gasteiger partial charge in [0.05, 0.1) is 53.8 Å². The molecule has 1 amide bonds. The van der Waals surface area contributed by atoms with Gasteiger partial charge < -0.3 is 48.8 Å². The number of likely N-dealkylation sites (N-methyl/N-ethyl adjacent to an activating group) is 1. The Kier molecular flexibility index (Phi) is 23.6. The second kappa shape index (κ2) is 27.6. The van der Waals surface area contributed by atoms with Crippen LogP contribution in [0.15, 0.2) is 30.5 Å². The molecule has 3 fully saturated rings. The lowest BCUT2D eigenvalue weighted by Crippen LogP contribution is -2.60. The van der Waals surface area contributed by atoms with Crippen molar-refractivity contribution in [1.82, 2.24) is 25.4 Å². The molecular formula is C57H97N5O14. The first-order valence-corrected chi connectivity index (χ1v) is 27.6. The third kappa shape index (κ3) is 16.1. The van der Waals surface area contributed by atoms with Crippen LogP contribution >= 0.6 is 0 Å². The zero-order chi connectivity index (χ0) is 57.2. The lowest BCUT2D eigenvalue weighted by atomic mass is 9.72. The van der Waals surface area contributed by atoms with Crippen LogP contribution in [-0.2, 0) is 55.9 Å². The van der Waals surface area contributed by atoms with E-state index in [0.717, 1.165) is 36.1 Å². The number of hydrogen-bond acceptors (Lipinski definition) is 17. The SMILES string of the molecule is CC[C@H]1OC(=O)[C@H](C)[C@H](C)[C@H](C)[C@H](O[C@@H]2O[C@H](C)C[C@H](N(C)Cc3ccc(-c4cn(CCCCCC(=O)NO)nn4)cc3)[C@@H]2O)[C@](C)(OC)C[C@@H](C)C(=O)[C@H](C)[C@@H](O)[C@]1(C)O.CO[C@]1(C)C[C@H](C(C)(C)C)O[C@@H](C)[C@@H]1O.